The quantitative estimate of drug-likeness (QED) is 0.163. The Morgan fingerprint density at radius 3 is 1.94 bits per heavy atom. The Hall–Kier alpha value is -1.34. The zero-order chi connectivity index (χ0) is 15.9. The van der Waals surface area contributed by atoms with Gasteiger partial charge in [0, 0.05) is 25.8 Å². The number of unbranched alkanes of at least 4 members (excludes halogenated alkanes) is 2. The molecule has 0 saturated heterocycles. The minimum Gasteiger partial charge on any atom is -0.358 e. The van der Waals surface area contributed by atoms with Crippen molar-refractivity contribution < 1.29 is 25.8 Å². The van der Waals surface area contributed by atoms with E-state index in [1.807, 2.05) is 30.3 Å². The van der Waals surface area contributed by atoms with Crippen LogP contribution in [0, 0.1) is 58.1 Å². The van der Waals surface area contributed by atoms with Crippen molar-refractivity contribution in [2.45, 2.75) is 39.0 Å². The molecular formula is C30H45Hf-9. The summed E-state index contributed by atoms with van der Waals surface area (Å²) in [5.41, 5.74) is 4.39. The molecule has 0 atom stereocenters. The van der Waals surface area contributed by atoms with E-state index >= 15 is 0 Å². The van der Waals surface area contributed by atoms with Crippen LogP contribution in [-0.4, -0.2) is 0 Å². The van der Waals surface area contributed by atoms with Gasteiger partial charge in [-0.25, -0.2) is 17.7 Å². The molecule has 0 aliphatic heterocycles. The summed E-state index contributed by atoms with van der Waals surface area (Å²) in [6.45, 7) is 2.26. The number of hydrogen-bond donors (Lipinski definition) is 0. The molecule has 0 bridgehead atoms. The van der Waals surface area contributed by atoms with Crippen LogP contribution in [0.15, 0.2) is 66.7 Å². The zero-order valence-electron chi connectivity index (χ0n) is 21.4. The summed E-state index contributed by atoms with van der Waals surface area (Å²) in [7, 11) is 0. The van der Waals surface area contributed by atoms with E-state index in [-0.39, 0.29) is 77.8 Å². The van der Waals surface area contributed by atoms with E-state index in [4.69, 9.17) is 0 Å². The summed E-state index contributed by atoms with van der Waals surface area (Å²) in [5.74, 6) is 0. The third kappa shape index (κ3) is 11.7. The molecule has 0 saturated carbocycles. The number of benzene rings is 2. The molecule has 0 N–H and O–H groups in total. The van der Waals surface area contributed by atoms with Gasteiger partial charge in [-0.1, -0.05) is 74.4 Å². The Morgan fingerprint density at radius 1 is 0.774 bits per heavy atom. The number of rotatable bonds is 4. The average molecular weight is 584 g/mol. The van der Waals surface area contributed by atoms with Crippen molar-refractivity contribution in [1.82, 2.24) is 0 Å². The van der Waals surface area contributed by atoms with Gasteiger partial charge in [-0.3, -0.25) is 6.08 Å². The molecule has 178 valence electrons. The fraction of sp³-hybridized carbons (Fsp3) is 0.200. The van der Waals surface area contributed by atoms with E-state index in [0.29, 0.717) is 0 Å². The minimum atomic E-state index is 0. The van der Waals surface area contributed by atoms with Gasteiger partial charge >= 0.3 is 0 Å². The standard InChI is InChI=1S/C18H19.C5H5.7CH3.Hf/c1-2-3-4-8-15-12-13-16-11-10-14-7-5-6-9-17(14)18(15)16;1-2-4-5-3-1;;;;;;;;/h5-7,9-11H,2-4,8,13H2,1H3;1-5H;7*1H3;/q9*-1;. The van der Waals surface area contributed by atoms with Crippen LogP contribution in [0.3, 0.4) is 0 Å². The summed E-state index contributed by atoms with van der Waals surface area (Å²) >= 11 is 0. The molecule has 1 aliphatic rings. The number of hydrogen-bond acceptors (Lipinski definition) is 0. The normalized spacial score (nSPS) is 9.26. The molecule has 0 unspecified atom stereocenters. The van der Waals surface area contributed by atoms with Gasteiger partial charge in [-0.15, -0.1) is 12.0 Å². The largest absolute Gasteiger partial charge is 0.358 e. The molecular weight excluding hydrogens is 539 g/mol. The van der Waals surface area contributed by atoms with E-state index in [1.165, 1.54) is 53.2 Å². The number of fused-ring (bicyclic) bond motifs is 3. The predicted octanol–water partition coefficient (Wildman–Crippen LogP) is 9.72. The van der Waals surface area contributed by atoms with Gasteiger partial charge in [0.05, 0.1) is 0 Å². The monoisotopic (exact) mass is 585 g/mol. The molecule has 0 aromatic heterocycles. The van der Waals surface area contributed by atoms with Gasteiger partial charge in [0.15, 0.2) is 0 Å². The molecule has 0 amide bonds. The first kappa shape index (κ1) is 43.5. The molecule has 0 radical (unpaired) electrons. The Kier molecular flexibility index (Phi) is 32.7. The average Bonchev–Trinajstić information content (AvgIpc) is 3.28. The maximum absolute atomic E-state index is 3.59. The second kappa shape index (κ2) is 23.3. The van der Waals surface area contributed by atoms with Gasteiger partial charge in [-0.05, 0) is 5.39 Å². The van der Waals surface area contributed by atoms with Crippen molar-refractivity contribution >= 4 is 16.3 Å². The van der Waals surface area contributed by atoms with Crippen LogP contribution in [0.4, 0.5) is 0 Å². The van der Waals surface area contributed by atoms with Gasteiger partial charge < -0.3 is 52.0 Å². The van der Waals surface area contributed by atoms with Gasteiger partial charge in [0.2, 0.25) is 0 Å². The molecule has 3 aromatic rings. The Balaban J connectivity index is -0.000000108. The predicted molar refractivity (Wildman–Crippen MR) is 145 cm³/mol. The van der Waals surface area contributed by atoms with E-state index in [0.717, 1.165) is 6.42 Å². The molecule has 1 heteroatoms. The summed E-state index contributed by atoms with van der Waals surface area (Å²) in [6, 6.07) is 23.2. The van der Waals surface area contributed by atoms with Crippen LogP contribution in [0.25, 0.3) is 16.3 Å². The second-order valence-electron chi connectivity index (χ2n) is 6.07. The Morgan fingerprint density at radius 2 is 1.39 bits per heavy atom. The van der Waals surface area contributed by atoms with E-state index in [1.54, 1.807) is 0 Å². The topological polar surface area (TPSA) is 0 Å². The first-order chi connectivity index (χ1) is 11.4. The van der Waals surface area contributed by atoms with Crippen LogP contribution in [0.1, 0.15) is 43.7 Å². The molecule has 31 heavy (non-hydrogen) atoms. The van der Waals surface area contributed by atoms with Gasteiger partial charge in [0.25, 0.3) is 0 Å². The summed E-state index contributed by atoms with van der Waals surface area (Å²) in [6.07, 6.45) is 9.69. The van der Waals surface area contributed by atoms with E-state index in [2.05, 4.69) is 49.4 Å². The van der Waals surface area contributed by atoms with Crippen molar-refractivity contribution in [2.75, 3.05) is 0 Å². The van der Waals surface area contributed by atoms with Gasteiger partial charge in [0.1, 0.15) is 0 Å². The first-order valence-corrected chi connectivity index (χ1v) is 8.67. The van der Waals surface area contributed by atoms with E-state index < -0.39 is 0 Å². The smallest absolute Gasteiger partial charge is 0 e. The SMILES string of the molecule is CCCCCC1=[C-]Cc2ccc3ccccc3c21.[CH3-].[CH3-].[CH3-].[CH3-].[CH3-].[CH3-].[CH3-].[Hf].c1cc[cH-]c1. The van der Waals surface area contributed by atoms with Crippen molar-refractivity contribution in [3.63, 3.8) is 0 Å². The van der Waals surface area contributed by atoms with Crippen LogP contribution in [0.2, 0.25) is 0 Å². The van der Waals surface area contributed by atoms with Crippen molar-refractivity contribution in [3.8, 4) is 0 Å². The van der Waals surface area contributed by atoms with E-state index in [9.17, 15) is 0 Å². The van der Waals surface area contributed by atoms with Crippen molar-refractivity contribution in [2.24, 2.45) is 0 Å². The first-order valence-electron chi connectivity index (χ1n) is 8.67. The third-order valence-electron chi connectivity index (χ3n) is 4.40. The molecule has 0 spiro atoms. The summed E-state index contributed by atoms with van der Waals surface area (Å²) in [5, 5.41) is 2.76. The molecule has 0 fully saturated rings. The fourth-order valence-corrected chi connectivity index (χ4v) is 3.20. The maximum atomic E-state index is 3.59. The van der Waals surface area contributed by atoms with Crippen molar-refractivity contribution in [3.05, 3.63) is 136 Å². The minimum absolute atomic E-state index is 0. The molecule has 0 heterocycles. The fourth-order valence-electron chi connectivity index (χ4n) is 3.20. The van der Waals surface area contributed by atoms with Crippen LogP contribution >= 0.6 is 0 Å². The molecule has 4 rings (SSSR count). The third-order valence-corrected chi connectivity index (χ3v) is 4.40. The zero-order valence-corrected chi connectivity index (χ0v) is 25.0. The Bertz CT molecular complexity index is 749. The summed E-state index contributed by atoms with van der Waals surface area (Å²) < 4.78 is 0. The molecule has 3 aromatic carbocycles. The second-order valence-corrected chi connectivity index (χ2v) is 6.07. The summed E-state index contributed by atoms with van der Waals surface area (Å²) in [4.78, 5) is 0. The van der Waals surface area contributed by atoms with Crippen LogP contribution in [-0.2, 0) is 32.3 Å². The Labute approximate surface area is 216 Å². The van der Waals surface area contributed by atoms with Crippen LogP contribution in [0.5, 0.6) is 0 Å². The molecule has 0 nitrogen and oxygen atoms in total. The van der Waals surface area contributed by atoms with Gasteiger partial charge in [-0.2, -0.15) is 23.8 Å². The number of allylic oxidation sites excluding steroid dienone is 2. The maximum Gasteiger partial charge on any atom is 0 e. The van der Waals surface area contributed by atoms with Crippen LogP contribution < -0.4 is 0 Å². The molecule has 1 aliphatic carbocycles. The van der Waals surface area contributed by atoms with Crippen molar-refractivity contribution in [1.29, 1.82) is 0 Å².